The van der Waals surface area contributed by atoms with Crippen LogP contribution in [0.3, 0.4) is 0 Å². The van der Waals surface area contributed by atoms with Crippen molar-refractivity contribution in [3.63, 3.8) is 0 Å². The van der Waals surface area contributed by atoms with Gasteiger partial charge in [-0.3, -0.25) is 0 Å². The first-order chi connectivity index (χ1) is 12.5. The molecule has 0 heterocycles. The predicted molar refractivity (Wildman–Crippen MR) is 108 cm³/mol. The van der Waals surface area contributed by atoms with Gasteiger partial charge in [-0.25, -0.2) is 0 Å². The molecule has 0 saturated heterocycles. The Morgan fingerprint density at radius 1 is 1.15 bits per heavy atom. The summed E-state index contributed by atoms with van der Waals surface area (Å²) in [7, 11) is 0. The number of rotatable bonds is 11. The van der Waals surface area contributed by atoms with E-state index in [1.807, 2.05) is 12.2 Å². The number of hydrogen-bond donors (Lipinski definition) is 3. The maximum absolute atomic E-state index is 10.6. The number of aliphatic hydroxyl groups is 3. The summed E-state index contributed by atoms with van der Waals surface area (Å²) in [6.45, 7) is 4.37. The molecule has 0 amide bonds. The monoisotopic (exact) mass is 362 g/mol. The van der Waals surface area contributed by atoms with Crippen LogP contribution in [0.25, 0.3) is 0 Å². The van der Waals surface area contributed by atoms with Crippen molar-refractivity contribution in [1.82, 2.24) is 0 Å². The van der Waals surface area contributed by atoms with Crippen LogP contribution in [0.5, 0.6) is 0 Å². The Labute approximate surface area is 159 Å². The van der Waals surface area contributed by atoms with Gasteiger partial charge < -0.3 is 15.3 Å². The molecule has 0 aromatic rings. The molecule has 2 rings (SSSR count). The number of aliphatic hydroxyl groups excluding tert-OH is 3. The van der Waals surface area contributed by atoms with E-state index in [0.29, 0.717) is 25.0 Å². The molecule has 3 N–H and O–H groups in total. The lowest BCUT2D eigenvalue weighted by atomic mass is 9.62. The third-order valence-corrected chi connectivity index (χ3v) is 6.33. The summed E-state index contributed by atoms with van der Waals surface area (Å²) in [5.41, 5.74) is 1.05. The van der Waals surface area contributed by atoms with Gasteiger partial charge >= 0.3 is 0 Å². The van der Waals surface area contributed by atoms with Crippen LogP contribution in [0, 0.1) is 11.3 Å². The molecule has 0 aromatic carbocycles. The largest absolute Gasteiger partial charge is 0.512 e. The van der Waals surface area contributed by atoms with Gasteiger partial charge in [-0.2, -0.15) is 0 Å². The fraction of sp³-hybridized carbons (Fsp3) is 0.739. The van der Waals surface area contributed by atoms with Crippen molar-refractivity contribution in [1.29, 1.82) is 0 Å². The quantitative estimate of drug-likeness (QED) is 0.331. The molecule has 26 heavy (non-hydrogen) atoms. The average Bonchev–Trinajstić information content (AvgIpc) is 2.84. The number of unbranched alkanes of at least 4 members (excludes halogenated alkanes) is 2. The van der Waals surface area contributed by atoms with E-state index in [9.17, 15) is 15.3 Å². The first-order valence-electron chi connectivity index (χ1n) is 10.6. The molecular formula is C23H38O3. The molecule has 3 nitrogen and oxygen atoms in total. The van der Waals surface area contributed by atoms with E-state index in [2.05, 4.69) is 26.0 Å². The van der Waals surface area contributed by atoms with Crippen LogP contribution in [0.2, 0.25) is 0 Å². The van der Waals surface area contributed by atoms with Crippen molar-refractivity contribution in [2.45, 2.75) is 96.7 Å². The van der Waals surface area contributed by atoms with Gasteiger partial charge in [0.05, 0.1) is 18.0 Å². The molecule has 0 spiro atoms. The zero-order chi connectivity index (χ0) is 19.0. The fourth-order valence-corrected chi connectivity index (χ4v) is 4.51. The molecular weight excluding hydrogens is 324 g/mol. The first-order valence-corrected chi connectivity index (χ1v) is 10.6. The second-order valence-corrected chi connectivity index (χ2v) is 8.23. The van der Waals surface area contributed by atoms with Gasteiger partial charge in [0.25, 0.3) is 0 Å². The molecule has 3 heteroatoms. The van der Waals surface area contributed by atoms with Crippen LogP contribution in [0.15, 0.2) is 35.6 Å². The Bertz CT molecular complexity index is 514. The second-order valence-electron chi connectivity index (χ2n) is 8.23. The topological polar surface area (TPSA) is 60.7 Å². The Hall–Kier alpha value is -1.06. The van der Waals surface area contributed by atoms with E-state index in [1.54, 1.807) is 0 Å². The van der Waals surface area contributed by atoms with E-state index >= 15 is 0 Å². The minimum absolute atomic E-state index is 0.121. The van der Waals surface area contributed by atoms with Gasteiger partial charge in [-0.1, -0.05) is 63.8 Å². The molecule has 3 atom stereocenters. The minimum Gasteiger partial charge on any atom is -0.512 e. The van der Waals surface area contributed by atoms with Crippen LogP contribution in [-0.2, 0) is 0 Å². The van der Waals surface area contributed by atoms with Crippen molar-refractivity contribution < 1.29 is 15.3 Å². The highest BCUT2D eigenvalue weighted by Crippen LogP contribution is 2.48. The smallest absolute Gasteiger partial charge is 0.0950 e. The summed E-state index contributed by atoms with van der Waals surface area (Å²) in [5, 5.41) is 31.1. The van der Waals surface area contributed by atoms with E-state index in [0.717, 1.165) is 37.7 Å². The third kappa shape index (κ3) is 5.23. The summed E-state index contributed by atoms with van der Waals surface area (Å²) in [6.07, 6.45) is 18.3. The van der Waals surface area contributed by atoms with Crippen LogP contribution in [0.4, 0.5) is 0 Å². The fourth-order valence-electron chi connectivity index (χ4n) is 4.51. The van der Waals surface area contributed by atoms with Crippen molar-refractivity contribution >= 4 is 0 Å². The van der Waals surface area contributed by atoms with E-state index in [-0.39, 0.29) is 17.4 Å². The molecule has 1 unspecified atom stereocenters. The molecule has 0 aromatic heterocycles. The van der Waals surface area contributed by atoms with Crippen LogP contribution in [-0.4, -0.2) is 27.5 Å². The maximum atomic E-state index is 10.6. The van der Waals surface area contributed by atoms with E-state index in [4.69, 9.17) is 0 Å². The van der Waals surface area contributed by atoms with Crippen molar-refractivity contribution in [2.24, 2.45) is 11.3 Å². The first kappa shape index (κ1) is 21.2. The highest BCUT2D eigenvalue weighted by atomic mass is 16.3. The lowest BCUT2D eigenvalue weighted by Crippen LogP contribution is -2.41. The Balaban J connectivity index is 1.91. The van der Waals surface area contributed by atoms with Crippen molar-refractivity contribution in [3.8, 4) is 0 Å². The molecule has 0 bridgehead atoms. The summed E-state index contributed by atoms with van der Waals surface area (Å²) in [6, 6.07) is 0. The van der Waals surface area contributed by atoms with Crippen LogP contribution >= 0.6 is 0 Å². The maximum Gasteiger partial charge on any atom is 0.0950 e. The molecule has 2 aliphatic carbocycles. The van der Waals surface area contributed by atoms with Gasteiger partial charge in [-0.05, 0) is 49.5 Å². The molecule has 0 aliphatic heterocycles. The van der Waals surface area contributed by atoms with Crippen LogP contribution < -0.4 is 0 Å². The summed E-state index contributed by atoms with van der Waals surface area (Å²) < 4.78 is 0. The molecule has 0 radical (unpaired) electrons. The molecule has 2 aliphatic rings. The zero-order valence-corrected chi connectivity index (χ0v) is 16.7. The number of allylic oxidation sites excluding steroid dienone is 2. The van der Waals surface area contributed by atoms with E-state index < -0.39 is 6.10 Å². The summed E-state index contributed by atoms with van der Waals surface area (Å²) >= 11 is 0. The van der Waals surface area contributed by atoms with Gasteiger partial charge in [0.1, 0.15) is 0 Å². The summed E-state index contributed by atoms with van der Waals surface area (Å²) in [4.78, 5) is 0. The molecule has 148 valence electrons. The highest BCUT2D eigenvalue weighted by molar-refractivity contribution is 5.27. The summed E-state index contributed by atoms with van der Waals surface area (Å²) in [5.74, 6) is 0.218. The Morgan fingerprint density at radius 3 is 2.54 bits per heavy atom. The van der Waals surface area contributed by atoms with Gasteiger partial charge in [0.2, 0.25) is 0 Å². The van der Waals surface area contributed by atoms with Crippen molar-refractivity contribution in [3.05, 3.63) is 35.6 Å². The predicted octanol–water partition coefficient (Wildman–Crippen LogP) is 5.59. The van der Waals surface area contributed by atoms with E-state index in [1.165, 1.54) is 19.3 Å². The zero-order valence-electron chi connectivity index (χ0n) is 16.7. The van der Waals surface area contributed by atoms with Gasteiger partial charge in [0, 0.05) is 12.3 Å². The highest BCUT2D eigenvalue weighted by Gasteiger charge is 2.41. The molecule has 1 saturated carbocycles. The minimum atomic E-state index is -0.546. The van der Waals surface area contributed by atoms with Gasteiger partial charge in [0.15, 0.2) is 0 Å². The average molecular weight is 363 g/mol. The second kappa shape index (κ2) is 10.3. The normalized spacial score (nSPS) is 26.8. The van der Waals surface area contributed by atoms with Gasteiger partial charge in [-0.15, -0.1) is 0 Å². The van der Waals surface area contributed by atoms with Crippen molar-refractivity contribution in [2.75, 3.05) is 0 Å². The standard InChI is InChI=1S/C23H38O3/c1-3-5-6-7-8-11-18-19(21(25)17-20(18)24)12-9-13-22(26)23(14-4-2)15-10-16-23/h7-9,12,19,21-22,24-26H,3-6,10-11,13-17H2,1-2H3/b8-7-,12-9+/t19-,21-,22?/m1/s1. The Morgan fingerprint density at radius 2 is 1.92 bits per heavy atom. The SMILES string of the molecule is CCCC/C=C\CC1=C(O)C[C@@H](O)[C@@H]1/C=C/CC(O)C1(CCC)CCC1. The lowest BCUT2D eigenvalue weighted by molar-refractivity contribution is -0.0395. The third-order valence-electron chi connectivity index (χ3n) is 6.33. The lowest BCUT2D eigenvalue weighted by Gasteiger charge is -2.45. The molecule has 1 fully saturated rings. The number of hydrogen-bond acceptors (Lipinski definition) is 3. The Kier molecular flexibility index (Phi) is 8.43. The van der Waals surface area contributed by atoms with Crippen LogP contribution in [0.1, 0.15) is 84.5 Å².